The van der Waals surface area contributed by atoms with Gasteiger partial charge in [0.1, 0.15) is 0 Å². The van der Waals surface area contributed by atoms with Crippen LogP contribution in [0, 0.1) is 5.92 Å². The van der Waals surface area contributed by atoms with E-state index in [2.05, 4.69) is 5.32 Å². The molecule has 21 heavy (non-hydrogen) atoms. The smallest absolute Gasteiger partial charge is 0.240 e. The maximum atomic E-state index is 12.3. The summed E-state index contributed by atoms with van der Waals surface area (Å²) in [6.07, 6.45) is 0.238. The maximum Gasteiger partial charge on any atom is 0.240 e. The van der Waals surface area contributed by atoms with Gasteiger partial charge in [-0.1, -0.05) is 0 Å². The van der Waals surface area contributed by atoms with Crippen molar-refractivity contribution in [3.63, 3.8) is 0 Å². The number of hydrogen-bond donors (Lipinski definition) is 1. The van der Waals surface area contributed by atoms with Crippen molar-refractivity contribution in [3.8, 4) is 0 Å². The number of amides is 3. The Morgan fingerprint density at radius 3 is 2.38 bits per heavy atom. The Labute approximate surface area is 126 Å². The molecule has 6 heteroatoms. The minimum absolute atomic E-state index is 0.0101. The minimum atomic E-state index is -0.340. The molecule has 1 aliphatic rings. The molecular formula is C15H27N3O3. The Morgan fingerprint density at radius 1 is 1.38 bits per heavy atom. The van der Waals surface area contributed by atoms with E-state index >= 15 is 0 Å². The number of nitrogens with zero attached hydrogens (tertiary/aromatic N) is 2. The average Bonchev–Trinajstić information content (AvgIpc) is 2.67. The largest absolute Gasteiger partial charge is 0.350 e. The third kappa shape index (κ3) is 5.02. The summed E-state index contributed by atoms with van der Waals surface area (Å²) in [5.41, 5.74) is -0.321. The van der Waals surface area contributed by atoms with Gasteiger partial charge in [-0.05, 0) is 34.6 Å². The van der Waals surface area contributed by atoms with Crippen molar-refractivity contribution in [3.05, 3.63) is 0 Å². The van der Waals surface area contributed by atoms with Crippen LogP contribution in [0.15, 0.2) is 0 Å². The summed E-state index contributed by atoms with van der Waals surface area (Å²) in [6.45, 7) is 10.0. The van der Waals surface area contributed by atoms with Crippen molar-refractivity contribution in [1.29, 1.82) is 0 Å². The number of rotatable bonds is 4. The fourth-order valence-electron chi connectivity index (χ4n) is 2.46. The monoisotopic (exact) mass is 297 g/mol. The number of nitrogens with one attached hydrogen (secondary N) is 1. The van der Waals surface area contributed by atoms with Gasteiger partial charge in [0.25, 0.3) is 0 Å². The van der Waals surface area contributed by atoms with Crippen LogP contribution in [-0.2, 0) is 14.4 Å². The van der Waals surface area contributed by atoms with Crippen molar-refractivity contribution >= 4 is 17.7 Å². The Morgan fingerprint density at radius 2 is 1.95 bits per heavy atom. The number of hydrogen-bond acceptors (Lipinski definition) is 3. The van der Waals surface area contributed by atoms with Gasteiger partial charge in [0.15, 0.2) is 0 Å². The SMILES string of the molecule is CC(C)N1C[C@H](C(=O)N(C)CC(=O)NC(C)(C)C)CC1=O. The van der Waals surface area contributed by atoms with E-state index in [1.54, 1.807) is 11.9 Å². The van der Waals surface area contributed by atoms with Crippen molar-refractivity contribution in [1.82, 2.24) is 15.1 Å². The van der Waals surface area contributed by atoms with Crippen molar-refractivity contribution in [2.75, 3.05) is 20.1 Å². The fourth-order valence-corrected chi connectivity index (χ4v) is 2.46. The van der Waals surface area contributed by atoms with E-state index in [4.69, 9.17) is 0 Å². The van der Waals surface area contributed by atoms with Crippen LogP contribution in [0.1, 0.15) is 41.0 Å². The van der Waals surface area contributed by atoms with Gasteiger partial charge in [-0.3, -0.25) is 14.4 Å². The summed E-state index contributed by atoms with van der Waals surface area (Å²) >= 11 is 0. The molecule has 0 saturated carbocycles. The molecule has 6 nitrogen and oxygen atoms in total. The second-order valence-electron chi connectivity index (χ2n) is 7.03. The van der Waals surface area contributed by atoms with Crippen LogP contribution in [0.4, 0.5) is 0 Å². The van der Waals surface area contributed by atoms with Crippen LogP contribution in [-0.4, -0.2) is 59.2 Å². The first-order valence-corrected chi connectivity index (χ1v) is 7.36. The highest BCUT2D eigenvalue weighted by Gasteiger charge is 2.37. The summed E-state index contributed by atoms with van der Waals surface area (Å²) in [5.74, 6) is -0.665. The predicted molar refractivity (Wildman–Crippen MR) is 80.5 cm³/mol. The topological polar surface area (TPSA) is 69.7 Å². The van der Waals surface area contributed by atoms with Crippen LogP contribution < -0.4 is 5.32 Å². The first kappa shape index (κ1) is 17.5. The van der Waals surface area contributed by atoms with E-state index in [1.165, 1.54) is 4.90 Å². The second-order valence-corrected chi connectivity index (χ2v) is 7.03. The molecule has 120 valence electrons. The molecule has 0 aromatic heterocycles. The zero-order chi connectivity index (χ0) is 16.4. The van der Waals surface area contributed by atoms with Crippen LogP contribution in [0.5, 0.6) is 0 Å². The molecule has 0 spiro atoms. The highest BCUT2D eigenvalue weighted by Crippen LogP contribution is 2.21. The normalized spacial score (nSPS) is 19.1. The molecule has 3 amide bonds. The highest BCUT2D eigenvalue weighted by atomic mass is 16.2. The van der Waals surface area contributed by atoms with Crippen LogP contribution in [0.25, 0.3) is 0 Å². The third-order valence-corrected chi connectivity index (χ3v) is 3.40. The van der Waals surface area contributed by atoms with Crippen LogP contribution in [0.3, 0.4) is 0 Å². The van der Waals surface area contributed by atoms with Gasteiger partial charge in [0, 0.05) is 31.6 Å². The van der Waals surface area contributed by atoms with Gasteiger partial charge in [-0.25, -0.2) is 0 Å². The number of likely N-dealkylation sites (tertiary alicyclic amines) is 1. The molecule has 0 bridgehead atoms. The van der Waals surface area contributed by atoms with E-state index in [0.717, 1.165) is 0 Å². The lowest BCUT2D eigenvalue weighted by Gasteiger charge is -2.25. The molecule has 1 rings (SSSR count). The van der Waals surface area contributed by atoms with E-state index < -0.39 is 0 Å². The molecule has 1 N–H and O–H groups in total. The van der Waals surface area contributed by atoms with Crippen LogP contribution >= 0.6 is 0 Å². The summed E-state index contributed by atoms with van der Waals surface area (Å²) < 4.78 is 0. The van der Waals surface area contributed by atoms with E-state index in [0.29, 0.717) is 6.54 Å². The third-order valence-electron chi connectivity index (χ3n) is 3.40. The first-order valence-electron chi connectivity index (χ1n) is 7.36. The number of carbonyl (C=O) groups excluding carboxylic acids is 3. The van der Waals surface area contributed by atoms with Crippen molar-refractivity contribution in [2.45, 2.75) is 52.6 Å². The van der Waals surface area contributed by atoms with E-state index in [1.807, 2.05) is 34.6 Å². The number of carbonyl (C=O) groups is 3. The molecule has 1 fully saturated rings. The van der Waals surface area contributed by atoms with Gasteiger partial charge in [-0.2, -0.15) is 0 Å². The average molecular weight is 297 g/mol. The van der Waals surface area contributed by atoms with E-state index in [9.17, 15) is 14.4 Å². The van der Waals surface area contributed by atoms with E-state index in [-0.39, 0.29) is 48.2 Å². The zero-order valence-corrected chi connectivity index (χ0v) is 13.9. The fraction of sp³-hybridized carbons (Fsp3) is 0.800. The Kier molecular flexibility index (Phi) is 5.36. The highest BCUT2D eigenvalue weighted by molar-refractivity contribution is 5.91. The quantitative estimate of drug-likeness (QED) is 0.827. The molecule has 1 heterocycles. The lowest BCUT2D eigenvalue weighted by molar-refractivity contribution is -0.138. The van der Waals surface area contributed by atoms with Gasteiger partial charge in [0.05, 0.1) is 12.5 Å². The van der Waals surface area contributed by atoms with Crippen molar-refractivity contribution < 1.29 is 14.4 Å². The first-order chi connectivity index (χ1) is 9.51. The zero-order valence-electron chi connectivity index (χ0n) is 13.9. The van der Waals surface area contributed by atoms with Gasteiger partial charge in [-0.15, -0.1) is 0 Å². The van der Waals surface area contributed by atoms with Gasteiger partial charge >= 0.3 is 0 Å². The second kappa shape index (κ2) is 6.45. The molecule has 1 saturated heterocycles. The maximum absolute atomic E-state index is 12.3. The molecule has 0 unspecified atom stereocenters. The molecule has 1 atom stereocenters. The summed E-state index contributed by atoms with van der Waals surface area (Å²) in [7, 11) is 1.60. The Bertz CT molecular complexity index is 426. The molecule has 0 radical (unpaired) electrons. The Balaban J connectivity index is 2.56. The lowest BCUT2D eigenvalue weighted by atomic mass is 10.1. The molecule has 0 aromatic carbocycles. The summed E-state index contributed by atoms with van der Waals surface area (Å²) in [4.78, 5) is 39.1. The van der Waals surface area contributed by atoms with Gasteiger partial charge < -0.3 is 15.1 Å². The number of likely N-dealkylation sites (N-methyl/N-ethyl adjacent to an activating group) is 1. The minimum Gasteiger partial charge on any atom is -0.350 e. The van der Waals surface area contributed by atoms with Crippen LogP contribution in [0.2, 0.25) is 0 Å². The predicted octanol–water partition coefficient (Wildman–Crippen LogP) is 0.616. The summed E-state index contributed by atoms with van der Waals surface area (Å²) in [6, 6.07) is 0.102. The molecule has 0 aromatic rings. The molecule has 1 aliphatic heterocycles. The standard InChI is InChI=1S/C15H27N3O3/c1-10(2)18-8-11(7-13(18)20)14(21)17(6)9-12(19)16-15(3,4)5/h10-11H,7-9H2,1-6H3,(H,16,19)/t11-/m1/s1. The van der Waals surface area contributed by atoms with Gasteiger partial charge in [0.2, 0.25) is 17.7 Å². The lowest BCUT2D eigenvalue weighted by Crippen LogP contribution is -2.47. The molecular weight excluding hydrogens is 270 g/mol. The van der Waals surface area contributed by atoms with Crippen molar-refractivity contribution in [2.24, 2.45) is 5.92 Å². The summed E-state index contributed by atoms with van der Waals surface area (Å²) in [5, 5.41) is 2.82. The molecule has 0 aliphatic carbocycles. The Hall–Kier alpha value is -1.59.